The Balaban J connectivity index is 1.73. The van der Waals surface area contributed by atoms with Crippen LogP contribution in [0.3, 0.4) is 0 Å². The first kappa shape index (κ1) is 23.2. The van der Waals surface area contributed by atoms with Gasteiger partial charge in [-0.1, -0.05) is 29.3 Å². The van der Waals surface area contributed by atoms with Gasteiger partial charge in [0.05, 0.1) is 11.1 Å². The van der Waals surface area contributed by atoms with Gasteiger partial charge in [-0.15, -0.1) is 0 Å². The average molecular weight is 492 g/mol. The number of halogens is 4. The van der Waals surface area contributed by atoms with E-state index in [1.54, 1.807) is 24.4 Å². The van der Waals surface area contributed by atoms with Gasteiger partial charge in [0.1, 0.15) is 23.3 Å². The van der Waals surface area contributed by atoms with E-state index < -0.39 is 17.6 Å². The van der Waals surface area contributed by atoms with Crippen molar-refractivity contribution in [2.45, 2.75) is 25.9 Å². The van der Waals surface area contributed by atoms with Gasteiger partial charge in [-0.2, -0.15) is 10.9 Å². The fourth-order valence-electron chi connectivity index (χ4n) is 3.90. The number of carbonyl (C=O) groups is 1. The second kappa shape index (κ2) is 9.87. The second-order valence-electron chi connectivity index (χ2n) is 7.53. The van der Waals surface area contributed by atoms with Crippen LogP contribution in [0.5, 0.6) is 5.88 Å². The molecule has 0 saturated heterocycles. The number of rotatable bonds is 6. The minimum atomic E-state index is -0.832. The third kappa shape index (κ3) is 5.16. The molecule has 1 aromatic heterocycles. The number of benzene rings is 2. The molecule has 0 bridgehead atoms. The first-order valence-electron chi connectivity index (χ1n) is 10.1. The molecule has 0 saturated carbocycles. The minimum Gasteiger partial charge on any atom is -0.439 e. The highest BCUT2D eigenvalue weighted by Crippen LogP contribution is 2.42. The monoisotopic (exact) mass is 491 g/mol. The zero-order valence-electron chi connectivity index (χ0n) is 17.3. The van der Waals surface area contributed by atoms with Crippen molar-refractivity contribution in [2.75, 3.05) is 0 Å². The first-order valence-corrected chi connectivity index (χ1v) is 10.8. The number of ether oxygens (including phenoxy) is 1. The number of nitrogens with two attached hydrogens (primary N) is 1. The minimum absolute atomic E-state index is 0.0126. The largest absolute Gasteiger partial charge is 0.439 e. The van der Waals surface area contributed by atoms with Crippen molar-refractivity contribution < 1.29 is 28.1 Å². The SMILES string of the molecule is NOC(=O)c1cc(F)cc(C2=C(c3cc(Cl)c[nH+]c3OCc3ccc(Cl)cc3F)CCC2)c1. The van der Waals surface area contributed by atoms with E-state index in [0.717, 1.165) is 23.6 Å². The van der Waals surface area contributed by atoms with Crippen LogP contribution in [0.1, 0.15) is 46.3 Å². The van der Waals surface area contributed by atoms with Crippen LogP contribution in [-0.4, -0.2) is 5.97 Å². The van der Waals surface area contributed by atoms with Crippen molar-refractivity contribution in [3.63, 3.8) is 0 Å². The van der Waals surface area contributed by atoms with Crippen molar-refractivity contribution in [3.8, 4) is 5.88 Å². The highest BCUT2D eigenvalue weighted by Gasteiger charge is 2.26. The van der Waals surface area contributed by atoms with Crippen molar-refractivity contribution in [1.82, 2.24) is 0 Å². The van der Waals surface area contributed by atoms with E-state index in [1.807, 2.05) is 0 Å². The number of H-pyrrole nitrogens is 1. The number of carbonyl (C=O) groups excluding carboxylic acids is 1. The third-order valence-electron chi connectivity index (χ3n) is 5.39. The Bertz CT molecular complexity index is 1260. The molecule has 0 radical (unpaired) electrons. The van der Waals surface area contributed by atoms with E-state index in [1.165, 1.54) is 18.2 Å². The van der Waals surface area contributed by atoms with Crippen molar-refractivity contribution in [2.24, 2.45) is 5.90 Å². The fraction of sp³-hybridized carbons (Fsp3) is 0.167. The van der Waals surface area contributed by atoms with Crippen molar-refractivity contribution in [3.05, 3.63) is 92.6 Å². The third-order valence-corrected chi connectivity index (χ3v) is 5.84. The van der Waals surface area contributed by atoms with Gasteiger partial charge in [0, 0.05) is 10.6 Å². The van der Waals surface area contributed by atoms with Gasteiger partial charge in [0.2, 0.25) is 0 Å². The summed E-state index contributed by atoms with van der Waals surface area (Å²) < 4.78 is 34.3. The van der Waals surface area contributed by atoms with Gasteiger partial charge in [-0.3, -0.25) is 0 Å². The van der Waals surface area contributed by atoms with Crippen molar-refractivity contribution >= 4 is 40.3 Å². The molecular formula is C24H19Cl2F2N2O3+. The molecule has 33 heavy (non-hydrogen) atoms. The van der Waals surface area contributed by atoms with E-state index in [2.05, 4.69) is 9.82 Å². The fourth-order valence-corrected chi connectivity index (χ4v) is 4.22. The maximum absolute atomic E-state index is 14.3. The molecule has 3 aromatic rings. The number of hydrogen-bond acceptors (Lipinski definition) is 4. The summed E-state index contributed by atoms with van der Waals surface area (Å²) in [5, 5.41) is 0.740. The topological polar surface area (TPSA) is 75.7 Å². The molecule has 0 spiro atoms. The molecule has 0 atom stereocenters. The molecule has 0 aliphatic heterocycles. The van der Waals surface area contributed by atoms with Gasteiger partial charge >= 0.3 is 11.8 Å². The van der Waals surface area contributed by atoms with Gasteiger partial charge in [-0.05, 0) is 72.4 Å². The molecule has 1 aliphatic rings. The number of aromatic amines is 1. The summed E-state index contributed by atoms with van der Waals surface area (Å²) in [5.74, 6) is 3.46. The molecule has 2 aromatic carbocycles. The first-order chi connectivity index (χ1) is 15.9. The number of allylic oxidation sites excluding steroid dienone is 2. The predicted molar refractivity (Wildman–Crippen MR) is 120 cm³/mol. The summed E-state index contributed by atoms with van der Waals surface area (Å²) in [7, 11) is 0. The number of aromatic nitrogens is 1. The lowest BCUT2D eigenvalue weighted by Gasteiger charge is -2.12. The van der Waals surface area contributed by atoms with Gasteiger partial charge in [0.25, 0.3) is 0 Å². The Kier molecular flexibility index (Phi) is 6.93. The standard InChI is InChI=1S/C24H18Cl2F2N2O3/c25-16-5-4-13(22(28)10-16)12-32-23-21(9-17(26)11-30-23)20-3-1-2-19(20)14-6-15(24(31)33-29)8-18(27)7-14/h4-11H,1-3,12,29H2/p+1. The summed E-state index contributed by atoms with van der Waals surface area (Å²) in [5.41, 5.74) is 3.30. The number of nitrogens with one attached hydrogen (secondary N) is 1. The second-order valence-corrected chi connectivity index (χ2v) is 8.40. The normalized spacial score (nSPS) is 13.4. The molecule has 4 rings (SSSR count). The summed E-state index contributed by atoms with van der Waals surface area (Å²) in [6.07, 6.45) is 3.72. The van der Waals surface area contributed by atoms with Crippen LogP contribution in [0.2, 0.25) is 10.0 Å². The highest BCUT2D eigenvalue weighted by atomic mass is 35.5. The highest BCUT2D eigenvalue weighted by molar-refractivity contribution is 6.30. The van der Waals surface area contributed by atoms with E-state index in [4.69, 9.17) is 33.8 Å². The van der Waals surface area contributed by atoms with E-state index in [9.17, 15) is 13.6 Å². The average Bonchev–Trinajstić information content (AvgIpc) is 3.28. The smallest absolute Gasteiger partial charge is 0.374 e. The summed E-state index contributed by atoms with van der Waals surface area (Å²) in [6.45, 7) is -0.0385. The van der Waals surface area contributed by atoms with Crippen LogP contribution in [0.4, 0.5) is 8.78 Å². The van der Waals surface area contributed by atoms with Crippen LogP contribution in [0, 0.1) is 11.6 Å². The molecule has 0 fully saturated rings. The number of pyridine rings is 1. The van der Waals surface area contributed by atoms with Crippen LogP contribution >= 0.6 is 23.2 Å². The Hall–Kier alpha value is -3.00. The van der Waals surface area contributed by atoms with Crippen LogP contribution in [0.15, 0.2) is 48.7 Å². The van der Waals surface area contributed by atoms with Crippen LogP contribution in [0.25, 0.3) is 11.1 Å². The summed E-state index contributed by atoms with van der Waals surface area (Å²) in [6, 6.07) is 10.1. The molecular weight excluding hydrogens is 473 g/mol. The number of hydrogen-bond donors (Lipinski definition) is 1. The lowest BCUT2D eigenvalue weighted by atomic mass is 9.96. The Morgan fingerprint density at radius 2 is 1.82 bits per heavy atom. The zero-order valence-corrected chi connectivity index (χ0v) is 18.8. The molecule has 9 heteroatoms. The molecule has 5 nitrogen and oxygen atoms in total. The molecule has 170 valence electrons. The van der Waals surface area contributed by atoms with E-state index in [-0.39, 0.29) is 12.2 Å². The molecule has 0 amide bonds. The summed E-state index contributed by atoms with van der Waals surface area (Å²) >= 11 is 12.1. The van der Waals surface area contributed by atoms with E-state index in [0.29, 0.717) is 45.5 Å². The Morgan fingerprint density at radius 3 is 2.58 bits per heavy atom. The Labute approximate surface area is 198 Å². The quantitative estimate of drug-likeness (QED) is 0.442. The lowest BCUT2D eigenvalue weighted by molar-refractivity contribution is -0.395. The maximum Gasteiger partial charge on any atom is 0.374 e. The maximum atomic E-state index is 14.3. The van der Waals surface area contributed by atoms with Gasteiger partial charge in [0.15, 0.2) is 6.20 Å². The van der Waals surface area contributed by atoms with Crippen molar-refractivity contribution in [1.29, 1.82) is 0 Å². The van der Waals surface area contributed by atoms with Gasteiger partial charge in [-0.25, -0.2) is 13.6 Å². The van der Waals surface area contributed by atoms with Crippen LogP contribution in [-0.2, 0) is 11.4 Å². The van der Waals surface area contributed by atoms with Crippen LogP contribution < -0.4 is 15.6 Å². The zero-order chi connectivity index (χ0) is 23.5. The molecule has 0 unspecified atom stereocenters. The molecule has 1 aliphatic carbocycles. The molecule has 1 heterocycles. The molecule has 3 N–H and O–H groups in total. The summed E-state index contributed by atoms with van der Waals surface area (Å²) in [4.78, 5) is 19.1. The Morgan fingerprint density at radius 1 is 1.03 bits per heavy atom. The van der Waals surface area contributed by atoms with Gasteiger partial charge < -0.3 is 9.57 Å². The lowest BCUT2D eigenvalue weighted by Crippen LogP contribution is -2.13. The predicted octanol–water partition coefficient (Wildman–Crippen LogP) is 5.79. The van der Waals surface area contributed by atoms with E-state index >= 15 is 0 Å².